The van der Waals surface area contributed by atoms with Gasteiger partial charge in [-0.3, -0.25) is 4.68 Å². The summed E-state index contributed by atoms with van der Waals surface area (Å²) in [6, 6.07) is 2.22. The molecule has 112 valence electrons. The third-order valence-corrected chi connectivity index (χ3v) is 4.14. The minimum Gasteiger partial charge on any atom is -0.368 e. The van der Waals surface area contributed by atoms with E-state index in [-0.39, 0.29) is 6.04 Å². The van der Waals surface area contributed by atoms with Crippen LogP contribution in [0.1, 0.15) is 49.2 Å². The van der Waals surface area contributed by atoms with Crippen LogP contribution in [0.25, 0.3) is 0 Å². The molecule has 0 saturated carbocycles. The molecule has 0 aromatic carbocycles. The molecule has 6 nitrogen and oxygen atoms in total. The second kappa shape index (κ2) is 5.71. The number of nitrogens with one attached hydrogen (secondary N) is 1. The van der Waals surface area contributed by atoms with Gasteiger partial charge < -0.3 is 11.1 Å². The van der Waals surface area contributed by atoms with Crippen molar-refractivity contribution >= 4 is 11.8 Å². The first-order valence-corrected chi connectivity index (χ1v) is 7.58. The van der Waals surface area contributed by atoms with Gasteiger partial charge in [-0.25, -0.2) is 4.98 Å². The number of nitrogens with zero attached hydrogens (tertiary/aromatic N) is 4. The van der Waals surface area contributed by atoms with Crippen molar-refractivity contribution in [3.63, 3.8) is 0 Å². The van der Waals surface area contributed by atoms with Gasteiger partial charge in [-0.2, -0.15) is 10.1 Å². The van der Waals surface area contributed by atoms with Crippen LogP contribution < -0.4 is 11.1 Å². The fraction of sp³-hybridized carbons (Fsp3) is 0.533. The first kappa shape index (κ1) is 13.9. The minimum atomic E-state index is 0.179. The maximum absolute atomic E-state index is 5.87. The molecule has 6 heteroatoms. The summed E-state index contributed by atoms with van der Waals surface area (Å²) in [5.41, 5.74) is 9.36. The summed E-state index contributed by atoms with van der Waals surface area (Å²) in [5.74, 6) is 1.25. The van der Waals surface area contributed by atoms with Crippen molar-refractivity contribution in [2.24, 2.45) is 7.05 Å². The number of nitrogen functional groups attached to an aromatic ring is 1. The second-order valence-electron chi connectivity index (χ2n) is 5.55. The molecule has 1 aliphatic rings. The molecular formula is C15H22N6. The average molecular weight is 286 g/mol. The van der Waals surface area contributed by atoms with Crippen LogP contribution in [-0.2, 0) is 19.9 Å². The molecule has 21 heavy (non-hydrogen) atoms. The Morgan fingerprint density at radius 2 is 2.14 bits per heavy atom. The molecule has 2 aromatic heterocycles. The van der Waals surface area contributed by atoms with Crippen LogP contribution in [-0.4, -0.2) is 19.7 Å². The minimum absolute atomic E-state index is 0.179. The predicted octanol–water partition coefficient (Wildman–Crippen LogP) is 2.23. The molecule has 1 atom stereocenters. The largest absolute Gasteiger partial charge is 0.368 e. The van der Waals surface area contributed by atoms with Gasteiger partial charge >= 0.3 is 0 Å². The van der Waals surface area contributed by atoms with Gasteiger partial charge in [-0.05, 0) is 38.2 Å². The van der Waals surface area contributed by atoms with Crippen molar-refractivity contribution in [2.45, 2.75) is 45.1 Å². The lowest BCUT2D eigenvalue weighted by Gasteiger charge is -2.23. The van der Waals surface area contributed by atoms with Gasteiger partial charge in [-0.15, -0.1) is 0 Å². The molecule has 1 aliphatic carbocycles. The second-order valence-corrected chi connectivity index (χ2v) is 5.55. The summed E-state index contributed by atoms with van der Waals surface area (Å²) in [7, 11) is 1.96. The third kappa shape index (κ3) is 2.70. The lowest BCUT2D eigenvalue weighted by molar-refractivity contribution is 0.625. The van der Waals surface area contributed by atoms with E-state index in [9.17, 15) is 0 Å². The summed E-state index contributed by atoms with van der Waals surface area (Å²) < 4.78 is 1.90. The fourth-order valence-corrected chi connectivity index (χ4v) is 3.01. The van der Waals surface area contributed by atoms with Crippen LogP contribution >= 0.6 is 0 Å². The van der Waals surface area contributed by atoms with Crippen LogP contribution in [0.5, 0.6) is 0 Å². The van der Waals surface area contributed by atoms with Crippen LogP contribution in [0.3, 0.4) is 0 Å². The van der Waals surface area contributed by atoms with E-state index in [0.29, 0.717) is 5.95 Å². The predicted molar refractivity (Wildman–Crippen MR) is 82.9 cm³/mol. The van der Waals surface area contributed by atoms with E-state index >= 15 is 0 Å². The van der Waals surface area contributed by atoms with Gasteiger partial charge in [0.05, 0.1) is 17.4 Å². The van der Waals surface area contributed by atoms with E-state index in [1.165, 1.54) is 18.4 Å². The zero-order valence-corrected chi connectivity index (χ0v) is 12.6. The van der Waals surface area contributed by atoms with E-state index in [1.54, 1.807) is 0 Å². The zero-order valence-electron chi connectivity index (χ0n) is 12.6. The number of hydrogen-bond donors (Lipinski definition) is 2. The maximum atomic E-state index is 5.87. The molecule has 0 saturated heterocycles. The molecule has 3 rings (SSSR count). The Bertz CT molecular complexity index is 633. The number of hydrogen-bond acceptors (Lipinski definition) is 5. The summed E-state index contributed by atoms with van der Waals surface area (Å²) in [4.78, 5) is 8.84. The quantitative estimate of drug-likeness (QED) is 0.900. The monoisotopic (exact) mass is 286 g/mol. The van der Waals surface area contributed by atoms with Gasteiger partial charge in [-0.1, -0.05) is 6.92 Å². The highest BCUT2D eigenvalue weighted by atomic mass is 15.3. The van der Waals surface area contributed by atoms with Crippen molar-refractivity contribution in [1.82, 2.24) is 19.7 Å². The van der Waals surface area contributed by atoms with Crippen LogP contribution in [0.4, 0.5) is 11.8 Å². The highest BCUT2D eigenvalue weighted by molar-refractivity contribution is 5.51. The SMILES string of the molecule is CCC(Nc1nc(N)nc2c1CCCC2)c1ccnn1C. The van der Waals surface area contributed by atoms with E-state index in [0.717, 1.165) is 36.5 Å². The zero-order chi connectivity index (χ0) is 14.8. The van der Waals surface area contributed by atoms with Crippen LogP contribution in [0.15, 0.2) is 12.3 Å². The first-order chi connectivity index (χ1) is 10.2. The molecule has 0 spiro atoms. The Balaban J connectivity index is 1.93. The van der Waals surface area contributed by atoms with Gasteiger partial charge in [0.15, 0.2) is 0 Å². The standard InChI is InChI=1S/C15H22N6/c1-3-11(13-8-9-17-21(13)2)18-14-10-6-4-5-7-12(10)19-15(16)20-14/h8-9,11H,3-7H2,1-2H3,(H3,16,18,19,20). The van der Waals surface area contributed by atoms with E-state index in [4.69, 9.17) is 5.73 Å². The smallest absolute Gasteiger partial charge is 0.222 e. The van der Waals surface area contributed by atoms with Crippen molar-refractivity contribution in [3.8, 4) is 0 Å². The van der Waals surface area contributed by atoms with Crippen LogP contribution in [0.2, 0.25) is 0 Å². The Morgan fingerprint density at radius 1 is 1.33 bits per heavy atom. The van der Waals surface area contributed by atoms with E-state index in [2.05, 4.69) is 27.3 Å². The lowest BCUT2D eigenvalue weighted by atomic mass is 9.96. The highest BCUT2D eigenvalue weighted by Gasteiger charge is 2.20. The fourth-order valence-electron chi connectivity index (χ4n) is 3.01. The van der Waals surface area contributed by atoms with Gasteiger partial charge in [0, 0.05) is 18.8 Å². The summed E-state index contributed by atoms with van der Waals surface area (Å²) in [6.07, 6.45) is 7.18. The maximum Gasteiger partial charge on any atom is 0.222 e. The molecule has 0 bridgehead atoms. The Hall–Kier alpha value is -2.11. The van der Waals surface area contributed by atoms with Crippen LogP contribution in [0, 0.1) is 0 Å². The number of rotatable bonds is 4. The Labute approximate surface area is 124 Å². The van der Waals surface area contributed by atoms with Crippen molar-refractivity contribution in [2.75, 3.05) is 11.1 Å². The highest BCUT2D eigenvalue weighted by Crippen LogP contribution is 2.29. The van der Waals surface area contributed by atoms with Crippen molar-refractivity contribution in [1.29, 1.82) is 0 Å². The molecule has 0 amide bonds. The van der Waals surface area contributed by atoms with Crippen molar-refractivity contribution < 1.29 is 0 Å². The van der Waals surface area contributed by atoms with Crippen molar-refractivity contribution in [3.05, 3.63) is 29.2 Å². The summed E-state index contributed by atoms with van der Waals surface area (Å²) >= 11 is 0. The summed E-state index contributed by atoms with van der Waals surface area (Å²) in [6.45, 7) is 2.15. The molecule has 1 unspecified atom stereocenters. The number of anilines is 2. The number of fused-ring (bicyclic) bond motifs is 1. The molecule has 2 heterocycles. The number of aromatic nitrogens is 4. The Morgan fingerprint density at radius 3 is 2.86 bits per heavy atom. The molecule has 0 radical (unpaired) electrons. The number of aryl methyl sites for hydroxylation is 2. The lowest BCUT2D eigenvalue weighted by Crippen LogP contribution is -2.19. The number of nitrogens with two attached hydrogens (primary N) is 1. The van der Waals surface area contributed by atoms with Gasteiger partial charge in [0.2, 0.25) is 5.95 Å². The normalized spacial score (nSPS) is 15.5. The molecular weight excluding hydrogens is 264 g/mol. The van der Waals surface area contributed by atoms with E-state index in [1.807, 2.05) is 24.0 Å². The molecule has 0 fully saturated rings. The third-order valence-electron chi connectivity index (χ3n) is 4.14. The first-order valence-electron chi connectivity index (χ1n) is 7.58. The van der Waals surface area contributed by atoms with E-state index < -0.39 is 0 Å². The van der Waals surface area contributed by atoms with Gasteiger partial charge in [0.25, 0.3) is 0 Å². The molecule has 2 aromatic rings. The summed E-state index contributed by atoms with van der Waals surface area (Å²) in [5, 5.41) is 7.80. The average Bonchev–Trinajstić information content (AvgIpc) is 2.90. The van der Waals surface area contributed by atoms with Gasteiger partial charge in [0.1, 0.15) is 5.82 Å². The molecule has 3 N–H and O–H groups in total. The Kier molecular flexibility index (Phi) is 3.77. The topological polar surface area (TPSA) is 81.7 Å². The molecule has 0 aliphatic heterocycles.